The van der Waals surface area contributed by atoms with Crippen LogP contribution in [0.2, 0.25) is 0 Å². The summed E-state index contributed by atoms with van der Waals surface area (Å²) in [6.45, 7) is 2.56. The Morgan fingerprint density at radius 3 is 2.82 bits per heavy atom. The van der Waals surface area contributed by atoms with Gasteiger partial charge in [0.2, 0.25) is 0 Å². The van der Waals surface area contributed by atoms with Crippen LogP contribution < -0.4 is 10.5 Å². The molecule has 1 aliphatic rings. The number of nitrogens with one attached hydrogen (secondary N) is 1. The van der Waals surface area contributed by atoms with Crippen molar-refractivity contribution in [2.45, 2.75) is 45.3 Å². The topological polar surface area (TPSA) is 112 Å². The van der Waals surface area contributed by atoms with Gasteiger partial charge in [-0.25, -0.2) is 13.8 Å². The molecule has 0 aliphatic carbocycles. The van der Waals surface area contributed by atoms with E-state index >= 15 is 4.39 Å². The van der Waals surface area contributed by atoms with Crippen molar-refractivity contribution < 1.29 is 27.8 Å². The molecule has 0 radical (unpaired) electrons. The number of hydrogen-bond donors (Lipinski definition) is 2. The molecule has 0 bridgehead atoms. The first-order valence-corrected chi connectivity index (χ1v) is 11.2. The van der Waals surface area contributed by atoms with Gasteiger partial charge in [0.15, 0.2) is 11.6 Å². The molecule has 3 N–H and O–H groups in total. The minimum atomic E-state index is -0.690. The average molecular weight is 472 g/mol. The summed E-state index contributed by atoms with van der Waals surface area (Å²) < 4.78 is 47.9. The quantitative estimate of drug-likeness (QED) is 0.282. The van der Waals surface area contributed by atoms with Gasteiger partial charge in [-0.05, 0) is 50.8 Å². The Bertz CT molecular complexity index is 1220. The second kappa shape index (κ2) is 10.2. The van der Waals surface area contributed by atoms with E-state index in [4.69, 9.17) is 25.4 Å². The first kappa shape index (κ1) is 23.6. The molecule has 10 heteroatoms. The number of carbonyl (C=O) groups is 1. The SMILES string of the molecule is CCOC(=O)CCc1c(Oc2ccc(F)c(C(=N)N)c2)c(F)cc2c1ncn2C1CCCCO1. The molecular weight excluding hydrogens is 446 g/mol. The van der Waals surface area contributed by atoms with E-state index in [0.29, 0.717) is 23.2 Å². The number of nitrogens with zero attached hydrogens (tertiary/aromatic N) is 2. The zero-order valence-corrected chi connectivity index (χ0v) is 18.8. The fraction of sp³-hybridized carbons (Fsp3) is 0.375. The highest BCUT2D eigenvalue weighted by atomic mass is 19.1. The molecule has 1 aromatic heterocycles. The number of hydrogen-bond acceptors (Lipinski definition) is 6. The Morgan fingerprint density at radius 2 is 2.12 bits per heavy atom. The number of rotatable bonds is 8. The first-order valence-electron chi connectivity index (χ1n) is 11.2. The van der Waals surface area contributed by atoms with Crippen LogP contribution in [0.25, 0.3) is 11.0 Å². The standard InChI is InChI=1S/C24H26F2N4O4/c1-2-32-21(31)9-7-15-22-19(30(13-29-22)20-5-3-4-10-33-20)12-18(26)23(15)34-14-6-8-17(25)16(11-14)24(27)28/h6,8,11-13,20H,2-5,7,9-10H2,1H3,(H3,27,28). The van der Waals surface area contributed by atoms with E-state index in [1.54, 1.807) is 17.8 Å². The van der Waals surface area contributed by atoms with Gasteiger partial charge in [0.05, 0.1) is 29.5 Å². The van der Waals surface area contributed by atoms with Crippen molar-refractivity contribution in [3.63, 3.8) is 0 Å². The third kappa shape index (κ3) is 4.86. The fourth-order valence-electron chi connectivity index (χ4n) is 4.05. The van der Waals surface area contributed by atoms with Crippen molar-refractivity contribution in [1.82, 2.24) is 9.55 Å². The van der Waals surface area contributed by atoms with Gasteiger partial charge in [-0.1, -0.05) is 0 Å². The highest BCUT2D eigenvalue weighted by Crippen LogP contribution is 2.37. The van der Waals surface area contributed by atoms with Crippen LogP contribution in [0.1, 0.15) is 50.0 Å². The third-order valence-corrected chi connectivity index (χ3v) is 5.67. The van der Waals surface area contributed by atoms with Crippen LogP contribution in [0, 0.1) is 17.0 Å². The number of esters is 1. The van der Waals surface area contributed by atoms with Gasteiger partial charge in [-0.2, -0.15) is 0 Å². The smallest absolute Gasteiger partial charge is 0.306 e. The van der Waals surface area contributed by atoms with Crippen molar-refractivity contribution in [3.05, 3.63) is 53.4 Å². The van der Waals surface area contributed by atoms with Crippen molar-refractivity contribution in [2.24, 2.45) is 5.73 Å². The zero-order valence-electron chi connectivity index (χ0n) is 18.8. The van der Waals surface area contributed by atoms with Gasteiger partial charge >= 0.3 is 5.97 Å². The van der Waals surface area contributed by atoms with Gasteiger partial charge in [-0.15, -0.1) is 0 Å². The van der Waals surface area contributed by atoms with E-state index in [9.17, 15) is 9.18 Å². The third-order valence-electron chi connectivity index (χ3n) is 5.67. The maximum absolute atomic E-state index is 15.4. The predicted molar refractivity (Wildman–Crippen MR) is 121 cm³/mol. The van der Waals surface area contributed by atoms with Gasteiger partial charge in [0.25, 0.3) is 0 Å². The Labute approximate surface area is 195 Å². The Kier molecular flexibility index (Phi) is 7.06. The average Bonchev–Trinajstić information content (AvgIpc) is 3.24. The van der Waals surface area contributed by atoms with Crippen LogP contribution in [-0.2, 0) is 20.7 Å². The minimum Gasteiger partial charge on any atom is -0.466 e. The van der Waals surface area contributed by atoms with E-state index in [0.717, 1.165) is 25.3 Å². The summed E-state index contributed by atoms with van der Waals surface area (Å²) in [4.78, 5) is 16.5. The second-order valence-electron chi connectivity index (χ2n) is 7.97. The molecule has 3 aromatic rings. The minimum absolute atomic E-state index is 0.00233. The lowest BCUT2D eigenvalue weighted by molar-refractivity contribution is -0.143. The molecular formula is C24H26F2N4O4. The van der Waals surface area contributed by atoms with Crippen molar-refractivity contribution >= 4 is 22.8 Å². The van der Waals surface area contributed by atoms with Crippen LogP contribution in [0.4, 0.5) is 8.78 Å². The van der Waals surface area contributed by atoms with Crippen molar-refractivity contribution in [2.75, 3.05) is 13.2 Å². The number of ether oxygens (including phenoxy) is 3. The summed E-state index contributed by atoms with van der Waals surface area (Å²) in [5.74, 6) is -2.30. The van der Waals surface area contributed by atoms with Crippen LogP contribution in [-0.4, -0.2) is 34.6 Å². The molecule has 2 aromatic carbocycles. The molecule has 1 aliphatic heterocycles. The number of amidine groups is 1. The number of aryl methyl sites for hydroxylation is 1. The Morgan fingerprint density at radius 1 is 1.29 bits per heavy atom. The van der Waals surface area contributed by atoms with E-state index < -0.39 is 23.4 Å². The summed E-state index contributed by atoms with van der Waals surface area (Å²) in [5, 5.41) is 7.53. The van der Waals surface area contributed by atoms with Gasteiger partial charge < -0.3 is 24.5 Å². The summed E-state index contributed by atoms with van der Waals surface area (Å²) in [6, 6.07) is 4.95. The molecule has 2 heterocycles. The van der Waals surface area contributed by atoms with E-state index in [-0.39, 0.29) is 42.7 Å². The van der Waals surface area contributed by atoms with Crippen LogP contribution in [0.5, 0.6) is 11.5 Å². The lowest BCUT2D eigenvalue weighted by Gasteiger charge is -2.24. The number of carbonyl (C=O) groups excluding carboxylic acids is 1. The number of imidazole rings is 1. The molecule has 1 fully saturated rings. The van der Waals surface area contributed by atoms with Crippen molar-refractivity contribution in [1.29, 1.82) is 5.41 Å². The Balaban J connectivity index is 1.77. The fourth-order valence-corrected chi connectivity index (χ4v) is 4.05. The summed E-state index contributed by atoms with van der Waals surface area (Å²) in [5.41, 5.74) is 6.65. The number of fused-ring (bicyclic) bond motifs is 1. The summed E-state index contributed by atoms with van der Waals surface area (Å²) in [7, 11) is 0. The largest absolute Gasteiger partial charge is 0.466 e. The summed E-state index contributed by atoms with van der Waals surface area (Å²) >= 11 is 0. The summed E-state index contributed by atoms with van der Waals surface area (Å²) in [6.07, 6.45) is 4.21. The van der Waals surface area contributed by atoms with Crippen LogP contribution >= 0.6 is 0 Å². The molecule has 0 saturated carbocycles. The number of nitrogens with two attached hydrogens (primary N) is 1. The van der Waals surface area contributed by atoms with Crippen molar-refractivity contribution in [3.8, 4) is 11.5 Å². The predicted octanol–water partition coefficient (Wildman–Crippen LogP) is 4.59. The molecule has 0 amide bonds. The zero-order chi connectivity index (χ0) is 24.2. The molecule has 4 rings (SSSR count). The number of benzene rings is 2. The number of halogens is 2. The van der Waals surface area contributed by atoms with E-state index in [1.165, 1.54) is 18.2 Å². The molecule has 1 unspecified atom stereocenters. The molecule has 1 atom stereocenters. The molecule has 1 saturated heterocycles. The van der Waals surface area contributed by atoms with Gasteiger partial charge in [0.1, 0.15) is 23.6 Å². The van der Waals surface area contributed by atoms with Crippen LogP contribution in [0.15, 0.2) is 30.6 Å². The molecule has 0 spiro atoms. The van der Waals surface area contributed by atoms with Crippen LogP contribution in [0.3, 0.4) is 0 Å². The maximum atomic E-state index is 15.4. The first-order chi connectivity index (χ1) is 16.4. The maximum Gasteiger partial charge on any atom is 0.306 e. The lowest BCUT2D eigenvalue weighted by Crippen LogP contribution is -2.17. The highest BCUT2D eigenvalue weighted by molar-refractivity contribution is 5.95. The highest BCUT2D eigenvalue weighted by Gasteiger charge is 2.24. The molecule has 34 heavy (non-hydrogen) atoms. The van der Waals surface area contributed by atoms with Gasteiger partial charge in [-0.3, -0.25) is 10.2 Å². The molecule has 8 nitrogen and oxygen atoms in total. The van der Waals surface area contributed by atoms with E-state index in [1.807, 2.05) is 0 Å². The van der Waals surface area contributed by atoms with Gasteiger partial charge in [0, 0.05) is 24.7 Å². The normalized spacial score (nSPS) is 15.9. The number of aromatic nitrogens is 2. The Hall–Kier alpha value is -3.53. The lowest BCUT2D eigenvalue weighted by atomic mass is 10.1. The van der Waals surface area contributed by atoms with E-state index in [2.05, 4.69) is 4.98 Å². The molecule has 180 valence electrons. The second-order valence-corrected chi connectivity index (χ2v) is 7.97. The monoisotopic (exact) mass is 472 g/mol. The number of nitrogen functional groups attached to an aromatic ring is 1.